The molecule has 8 aromatic rings. The van der Waals surface area contributed by atoms with Gasteiger partial charge in [0.2, 0.25) is 0 Å². The molecule has 0 heterocycles. The predicted octanol–water partition coefficient (Wildman–Crippen LogP) is 10.1. The summed E-state index contributed by atoms with van der Waals surface area (Å²) in [6, 6.07) is 39.9. The van der Waals surface area contributed by atoms with E-state index in [1.165, 1.54) is 71.1 Å². The Hall–Kier alpha value is -3.93. The average Bonchev–Trinajstić information content (AvgIpc) is 3.02. The minimum absolute atomic E-state index is 0.165. The van der Waals surface area contributed by atoms with E-state index in [2.05, 4.69) is 109 Å². The lowest BCUT2D eigenvalue weighted by molar-refractivity contribution is 0.490. The molecule has 0 unspecified atom stereocenters. The van der Waals surface area contributed by atoms with Crippen LogP contribution >= 0.6 is 7.14 Å². The molecule has 8 aromatic carbocycles. The molecule has 0 atom stereocenters. The van der Waals surface area contributed by atoms with E-state index in [0.717, 1.165) is 36.3 Å². The lowest BCUT2D eigenvalue weighted by atomic mass is 9.94. The number of rotatable bonds is 3. The van der Waals surface area contributed by atoms with Crippen molar-refractivity contribution in [1.82, 2.24) is 0 Å². The Balaban J connectivity index is 1.43. The Morgan fingerprint density at radius 1 is 0.425 bits per heavy atom. The minimum atomic E-state index is -3.02. The first-order valence-electron chi connectivity index (χ1n) is 14.7. The topological polar surface area (TPSA) is 17.1 Å². The van der Waals surface area contributed by atoms with E-state index >= 15 is 4.57 Å². The van der Waals surface area contributed by atoms with Crippen molar-refractivity contribution in [3.8, 4) is 0 Å². The van der Waals surface area contributed by atoms with Gasteiger partial charge in [0.1, 0.15) is 7.14 Å². The molecule has 1 aliphatic carbocycles. The van der Waals surface area contributed by atoms with Crippen LogP contribution in [-0.2, 0) is 4.57 Å². The van der Waals surface area contributed by atoms with Gasteiger partial charge >= 0.3 is 0 Å². The maximum absolute atomic E-state index is 16.3. The van der Waals surface area contributed by atoms with Crippen molar-refractivity contribution in [2.75, 3.05) is 0 Å². The zero-order valence-electron chi connectivity index (χ0n) is 22.4. The van der Waals surface area contributed by atoms with Crippen LogP contribution in [0.25, 0.3) is 64.6 Å². The predicted molar refractivity (Wildman–Crippen MR) is 174 cm³/mol. The summed E-state index contributed by atoms with van der Waals surface area (Å²) in [6.07, 6.45) is 5.62. The fourth-order valence-electron chi connectivity index (χ4n) is 7.99. The molecule has 0 aliphatic heterocycles. The van der Waals surface area contributed by atoms with Crippen molar-refractivity contribution in [1.29, 1.82) is 0 Å². The monoisotopic (exact) mass is 532 g/mol. The molecular formula is C38H29OP. The van der Waals surface area contributed by atoms with Crippen molar-refractivity contribution < 1.29 is 4.57 Å². The standard InChI is InChI=1S/C38H29OP/c39-40(30-10-2-1-3-11-30,33-22-18-28-14-12-24-6-4-8-26-16-20-31(33)37(28)35(24)26)34-23-19-29-15-13-25-7-5-9-27-17-21-32(34)38(29)36(25)27/h4-9,12-23,30H,1-3,10-11H2. The van der Waals surface area contributed by atoms with Crippen molar-refractivity contribution in [3.05, 3.63) is 109 Å². The van der Waals surface area contributed by atoms with Crippen molar-refractivity contribution in [3.63, 3.8) is 0 Å². The number of hydrogen-bond donors (Lipinski definition) is 0. The zero-order chi connectivity index (χ0) is 26.4. The lowest BCUT2D eigenvalue weighted by Crippen LogP contribution is -2.28. The van der Waals surface area contributed by atoms with Gasteiger partial charge in [-0.2, -0.15) is 0 Å². The second-order valence-electron chi connectivity index (χ2n) is 11.8. The van der Waals surface area contributed by atoms with Gasteiger partial charge in [-0.15, -0.1) is 0 Å². The second kappa shape index (κ2) is 8.29. The van der Waals surface area contributed by atoms with E-state index in [1.807, 2.05) is 0 Å². The number of benzene rings is 8. The van der Waals surface area contributed by atoms with Crippen LogP contribution in [-0.4, -0.2) is 5.66 Å². The Bertz CT molecular complexity index is 2100. The van der Waals surface area contributed by atoms with Gasteiger partial charge in [-0.3, -0.25) is 0 Å². The summed E-state index contributed by atoms with van der Waals surface area (Å²) in [4.78, 5) is 0. The highest BCUT2D eigenvalue weighted by molar-refractivity contribution is 7.80. The van der Waals surface area contributed by atoms with E-state index in [4.69, 9.17) is 0 Å². The average molecular weight is 533 g/mol. The van der Waals surface area contributed by atoms with Crippen molar-refractivity contribution in [2.45, 2.75) is 37.8 Å². The van der Waals surface area contributed by atoms with Gasteiger partial charge in [-0.1, -0.05) is 116 Å². The summed E-state index contributed by atoms with van der Waals surface area (Å²) in [6.45, 7) is 0. The summed E-state index contributed by atoms with van der Waals surface area (Å²) < 4.78 is 16.3. The quantitative estimate of drug-likeness (QED) is 0.163. The van der Waals surface area contributed by atoms with Crippen LogP contribution < -0.4 is 10.6 Å². The van der Waals surface area contributed by atoms with Gasteiger partial charge in [-0.25, -0.2) is 0 Å². The van der Waals surface area contributed by atoms with Crippen molar-refractivity contribution >= 4 is 82.4 Å². The van der Waals surface area contributed by atoms with Gasteiger partial charge in [0.05, 0.1) is 0 Å². The molecule has 0 bridgehead atoms. The van der Waals surface area contributed by atoms with E-state index < -0.39 is 7.14 Å². The van der Waals surface area contributed by atoms with Gasteiger partial charge in [0.25, 0.3) is 0 Å². The minimum Gasteiger partial charge on any atom is -0.313 e. The Kier molecular flexibility index (Phi) is 4.73. The van der Waals surface area contributed by atoms with E-state index in [1.54, 1.807) is 0 Å². The molecular weight excluding hydrogens is 503 g/mol. The molecule has 0 aromatic heterocycles. The maximum atomic E-state index is 16.3. The first-order chi connectivity index (χ1) is 19.7. The third-order valence-electron chi connectivity index (χ3n) is 9.82. The molecule has 0 radical (unpaired) electrons. The summed E-state index contributed by atoms with van der Waals surface area (Å²) in [5, 5.41) is 17.0. The van der Waals surface area contributed by atoms with E-state index in [0.29, 0.717) is 0 Å². The molecule has 192 valence electrons. The molecule has 0 amide bonds. The third kappa shape index (κ3) is 2.97. The van der Waals surface area contributed by atoms with Gasteiger partial charge in [0.15, 0.2) is 0 Å². The van der Waals surface area contributed by atoms with Crippen molar-refractivity contribution in [2.24, 2.45) is 0 Å². The van der Waals surface area contributed by atoms with Gasteiger partial charge in [-0.05, 0) is 89.6 Å². The summed E-state index contributed by atoms with van der Waals surface area (Å²) in [7, 11) is -3.02. The fraction of sp³-hybridized carbons (Fsp3) is 0.158. The highest BCUT2D eigenvalue weighted by Crippen LogP contribution is 2.57. The first-order valence-corrected chi connectivity index (χ1v) is 16.4. The van der Waals surface area contributed by atoms with Crippen LogP contribution in [0.3, 0.4) is 0 Å². The SMILES string of the molecule is O=P(c1ccc2ccc3cccc4ccc1c2c34)(c1ccc2ccc3cccc4ccc1c2c34)C1CCCCC1. The molecule has 1 saturated carbocycles. The van der Waals surface area contributed by atoms with Crippen LogP contribution in [0.2, 0.25) is 0 Å². The number of hydrogen-bond acceptors (Lipinski definition) is 1. The second-order valence-corrected chi connectivity index (χ2v) is 14.8. The van der Waals surface area contributed by atoms with E-state index in [-0.39, 0.29) is 5.66 Å². The highest BCUT2D eigenvalue weighted by atomic mass is 31.2. The molecule has 1 fully saturated rings. The zero-order valence-corrected chi connectivity index (χ0v) is 23.3. The lowest BCUT2D eigenvalue weighted by Gasteiger charge is -2.33. The Morgan fingerprint density at radius 3 is 1.25 bits per heavy atom. The van der Waals surface area contributed by atoms with Crippen LogP contribution in [0, 0.1) is 0 Å². The molecule has 0 spiro atoms. The normalized spacial score (nSPS) is 15.5. The molecule has 0 saturated heterocycles. The molecule has 9 rings (SSSR count). The highest BCUT2D eigenvalue weighted by Gasteiger charge is 2.40. The van der Waals surface area contributed by atoms with Gasteiger partial charge < -0.3 is 4.57 Å². The first kappa shape index (κ1) is 22.8. The van der Waals surface area contributed by atoms with Gasteiger partial charge in [0, 0.05) is 16.3 Å². The smallest absolute Gasteiger partial charge is 0.147 e. The third-order valence-corrected chi connectivity index (χ3v) is 13.6. The molecule has 1 nitrogen and oxygen atoms in total. The molecule has 0 N–H and O–H groups in total. The summed E-state index contributed by atoms with van der Waals surface area (Å²) >= 11 is 0. The summed E-state index contributed by atoms with van der Waals surface area (Å²) in [5.74, 6) is 0. The molecule has 1 aliphatic rings. The largest absolute Gasteiger partial charge is 0.313 e. The molecule has 2 heteroatoms. The van der Waals surface area contributed by atoms with Crippen LogP contribution in [0.4, 0.5) is 0 Å². The Labute approximate surface area is 233 Å². The van der Waals surface area contributed by atoms with E-state index in [9.17, 15) is 0 Å². The molecule has 40 heavy (non-hydrogen) atoms. The fourth-order valence-corrected chi connectivity index (χ4v) is 11.8. The Morgan fingerprint density at radius 2 is 0.800 bits per heavy atom. The van der Waals surface area contributed by atoms with Crippen LogP contribution in [0.5, 0.6) is 0 Å². The van der Waals surface area contributed by atoms with Crippen LogP contribution in [0.15, 0.2) is 109 Å². The van der Waals surface area contributed by atoms with Crippen LogP contribution in [0.1, 0.15) is 32.1 Å². The summed E-state index contributed by atoms with van der Waals surface area (Å²) in [5.41, 5.74) is 0.165. The maximum Gasteiger partial charge on any atom is 0.147 e.